The SMILES string of the molecule is Cc1ncc(CN=O)c(N)n1. The largest absolute Gasteiger partial charge is 0.383 e. The molecule has 0 spiro atoms. The summed E-state index contributed by atoms with van der Waals surface area (Å²) in [6.07, 6.45) is 1.51. The summed E-state index contributed by atoms with van der Waals surface area (Å²) in [6.45, 7) is 1.76. The molecule has 0 aliphatic rings. The molecule has 0 aliphatic carbocycles. The molecule has 2 N–H and O–H groups in total. The average Bonchev–Trinajstić information content (AvgIpc) is 1.95. The summed E-state index contributed by atoms with van der Waals surface area (Å²) in [4.78, 5) is 17.6. The van der Waals surface area contributed by atoms with Gasteiger partial charge in [0.15, 0.2) is 0 Å². The molecule has 5 heteroatoms. The molecule has 0 fully saturated rings. The highest BCUT2D eigenvalue weighted by molar-refractivity contribution is 5.37. The maximum absolute atomic E-state index is 9.85. The first kappa shape index (κ1) is 7.59. The van der Waals surface area contributed by atoms with Crippen molar-refractivity contribution in [3.8, 4) is 0 Å². The molecule has 0 atom stereocenters. The fourth-order valence-electron chi connectivity index (χ4n) is 0.704. The molecule has 0 radical (unpaired) electrons. The maximum atomic E-state index is 9.85. The molecule has 0 saturated heterocycles. The van der Waals surface area contributed by atoms with Gasteiger partial charge >= 0.3 is 0 Å². The van der Waals surface area contributed by atoms with E-state index in [2.05, 4.69) is 15.1 Å². The standard InChI is InChI=1S/C6H8N4O/c1-4-8-2-5(3-9-11)6(7)10-4/h2H,3H2,1H3,(H2,7,8,10). The van der Waals surface area contributed by atoms with E-state index >= 15 is 0 Å². The zero-order valence-electron chi connectivity index (χ0n) is 6.11. The Bertz CT molecular complexity index is 273. The number of aromatic nitrogens is 2. The van der Waals surface area contributed by atoms with Crippen molar-refractivity contribution in [2.45, 2.75) is 13.5 Å². The molecule has 1 heterocycles. The fraction of sp³-hybridized carbons (Fsp3) is 0.333. The van der Waals surface area contributed by atoms with Gasteiger partial charge in [-0.1, -0.05) is 5.18 Å². The van der Waals surface area contributed by atoms with Gasteiger partial charge in [-0.3, -0.25) is 0 Å². The third-order valence-corrected chi connectivity index (χ3v) is 1.25. The van der Waals surface area contributed by atoms with Crippen LogP contribution in [0.4, 0.5) is 5.82 Å². The molecule has 0 amide bonds. The quantitative estimate of drug-likeness (QED) is 0.630. The first-order valence-electron chi connectivity index (χ1n) is 3.11. The van der Waals surface area contributed by atoms with Gasteiger partial charge in [0.05, 0.1) is 0 Å². The first-order chi connectivity index (χ1) is 5.24. The van der Waals surface area contributed by atoms with Crippen LogP contribution < -0.4 is 5.73 Å². The molecule has 1 aromatic rings. The summed E-state index contributed by atoms with van der Waals surface area (Å²) < 4.78 is 0. The number of nitrogens with two attached hydrogens (primary N) is 1. The lowest BCUT2D eigenvalue weighted by atomic mass is 10.3. The second kappa shape index (κ2) is 3.05. The second-order valence-electron chi connectivity index (χ2n) is 2.11. The third-order valence-electron chi connectivity index (χ3n) is 1.25. The van der Waals surface area contributed by atoms with E-state index in [9.17, 15) is 4.91 Å². The van der Waals surface area contributed by atoms with Crippen molar-refractivity contribution >= 4 is 5.82 Å². The van der Waals surface area contributed by atoms with Crippen LogP contribution >= 0.6 is 0 Å². The molecule has 0 bridgehead atoms. The predicted molar refractivity (Wildman–Crippen MR) is 40.7 cm³/mol. The highest BCUT2D eigenvalue weighted by atomic mass is 16.3. The number of anilines is 1. The van der Waals surface area contributed by atoms with E-state index in [-0.39, 0.29) is 6.54 Å². The van der Waals surface area contributed by atoms with Crippen LogP contribution in [0.15, 0.2) is 11.4 Å². The van der Waals surface area contributed by atoms with Gasteiger partial charge in [0, 0.05) is 11.8 Å². The van der Waals surface area contributed by atoms with Gasteiger partial charge in [-0.05, 0) is 6.92 Å². The molecule has 0 saturated carbocycles. The molecule has 0 aromatic carbocycles. The number of nitrogens with zero attached hydrogens (tertiary/aromatic N) is 3. The Hall–Kier alpha value is -1.52. The van der Waals surface area contributed by atoms with Crippen LogP contribution in [0.1, 0.15) is 11.4 Å². The molecule has 0 aliphatic heterocycles. The molecular formula is C6H8N4O. The molecule has 58 valence electrons. The van der Waals surface area contributed by atoms with Crippen LogP contribution in [-0.4, -0.2) is 9.97 Å². The molecule has 1 aromatic heterocycles. The summed E-state index contributed by atoms with van der Waals surface area (Å²) >= 11 is 0. The van der Waals surface area contributed by atoms with Crippen molar-refractivity contribution in [3.63, 3.8) is 0 Å². The van der Waals surface area contributed by atoms with E-state index in [1.165, 1.54) is 6.20 Å². The molecule has 0 unspecified atom stereocenters. The maximum Gasteiger partial charge on any atom is 0.132 e. The topological polar surface area (TPSA) is 81.2 Å². The Balaban J connectivity index is 2.98. The smallest absolute Gasteiger partial charge is 0.132 e. The van der Waals surface area contributed by atoms with Crippen LogP contribution in [0.25, 0.3) is 0 Å². The van der Waals surface area contributed by atoms with Crippen molar-refractivity contribution in [2.75, 3.05) is 5.73 Å². The Morgan fingerprint density at radius 3 is 3.00 bits per heavy atom. The Labute approximate surface area is 63.6 Å². The monoisotopic (exact) mass is 152 g/mol. The molecule has 11 heavy (non-hydrogen) atoms. The number of rotatable bonds is 2. The zero-order valence-corrected chi connectivity index (χ0v) is 6.11. The number of aryl methyl sites for hydroxylation is 1. The predicted octanol–water partition coefficient (Wildman–Crippen LogP) is 0.634. The Kier molecular flexibility index (Phi) is 2.10. The van der Waals surface area contributed by atoms with Crippen molar-refractivity contribution in [2.24, 2.45) is 5.18 Å². The molecular weight excluding hydrogens is 144 g/mol. The van der Waals surface area contributed by atoms with Crippen molar-refractivity contribution in [1.29, 1.82) is 0 Å². The van der Waals surface area contributed by atoms with Gasteiger partial charge in [-0.2, -0.15) is 4.91 Å². The van der Waals surface area contributed by atoms with Crippen molar-refractivity contribution in [1.82, 2.24) is 9.97 Å². The summed E-state index contributed by atoms with van der Waals surface area (Å²) in [7, 11) is 0. The normalized spacial score (nSPS) is 9.55. The highest BCUT2D eigenvalue weighted by Gasteiger charge is 2.00. The van der Waals surface area contributed by atoms with Crippen molar-refractivity contribution in [3.05, 3.63) is 22.5 Å². The van der Waals surface area contributed by atoms with E-state index in [0.29, 0.717) is 17.2 Å². The lowest BCUT2D eigenvalue weighted by Crippen LogP contribution is -2.00. The van der Waals surface area contributed by atoms with Crippen LogP contribution in [0, 0.1) is 11.8 Å². The number of nitroso groups, excluding NO2 is 1. The van der Waals surface area contributed by atoms with Gasteiger partial charge in [0.25, 0.3) is 0 Å². The molecule has 1 rings (SSSR count). The van der Waals surface area contributed by atoms with Crippen LogP contribution in [-0.2, 0) is 6.54 Å². The van der Waals surface area contributed by atoms with Crippen LogP contribution in [0.3, 0.4) is 0 Å². The summed E-state index contributed by atoms with van der Waals surface area (Å²) in [5.41, 5.74) is 6.03. The summed E-state index contributed by atoms with van der Waals surface area (Å²) in [5, 5.41) is 2.69. The van der Waals surface area contributed by atoms with Crippen LogP contribution in [0.2, 0.25) is 0 Å². The second-order valence-corrected chi connectivity index (χ2v) is 2.11. The number of hydrogen-bond donors (Lipinski definition) is 1. The van der Waals surface area contributed by atoms with Gasteiger partial charge < -0.3 is 5.73 Å². The number of hydrogen-bond acceptors (Lipinski definition) is 5. The summed E-state index contributed by atoms with van der Waals surface area (Å²) in [5.74, 6) is 0.925. The third kappa shape index (κ3) is 1.70. The highest BCUT2D eigenvalue weighted by Crippen LogP contribution is 2.07. The van der Waals surface area contributed by atoms with Gasteiger partial charge in [0.2, 0.25) is 0 Å². The number of nitrogen functional groups attached to an aromatic ring is 1. The van der Waals surface area contributed by atoms with Gasteiger partial charge in [0.1, 0.15) is 18.2 Å². The molecule has 5 nitrogen and oxygen atoms in total. The van der Waals surface area contributed by atoms with E-state index < -0.39 is 0 Å². The Morgan fingerprint density at radius 1 is 1.73 bits per heavy atom. The van der Waals surface area contributed by atoms with Gasteiger partial charge in [-0.15, -0.1) is 0 Å². The van der Waals surface area contributed by atoms with E-state index in [1.807, 2.05) is 0 Å². The average molecular weight is 152 g/mol. The lowest BCUT2D eigenvalue weighted by molar-refractivity contribution is 0.973. The van der Waals surface area contributed by atoms with E-state index in [0.717, 1.165) is 0 Å². The minimum Gasteiger partial charge on any atom is -0.383 e. The van der Waals surface area contributed by atoms with Crippen LogP contribution in [0.5, 0.6) is 0 Å². The summed E-state index contributed by atoms with van der Waals surface area (Å²) in [6, 6.07) is 0. The van der Waals surface area contributed by atoms with Gasteiger partial charge in [-0.25, -0.2) is 9.97 Å². The minimum absolute atomic E-state index is 0.0338. The fourth-order valence-corrected chi connectivity index (χ4v) is 0.704. The Morgan fingerprint density at radius 2 is 2.45 bits per heavy atom. The van der Waals surface area contributed by atoms with Crippen molar-refractivity contribution < 1.29 is 0 Å². The minimum atomic E-state index is 0.0338. The van der Waals surface area contributed by atoms with E-state index in [4.69, 9.17) is 5.73 Å². The first-order valence-corrected chi connectivity index (χ1v) is 3.11. The van der Waals surface area contributed by atoms with E-state index in [1.54, 1.807) is 6.92 Å². The zero-order chi connectivity index (χ0) is 8.27. The lowest BCUT2D eigenvalue weighted by Gasteiger charge is -1.98.